The van der Waals surface area contributed by atoms with E-state index < -0.39 is 5.97 Å². The van der Waals surface area contributed by atoms with Gasteiger partial charge in [-0.25, -0.2) is 9.48 Å². The van der Waals surface area contributed by atoms with E-state index in [-0.39, 0.29) is 12.2 Å². The summed E-state index contributed by atoms with van der Waals surface area (Å²) in [5.74, 6) is 0.0982. The quantitative estimate of drug-likeness (QED) is 0.208. The van der Waals surface area contributed by atoms with Gasteiger partial charge in [-0.3, -0.25) is 0 Å². The summed E-state index contributed by atoms with van der Waals surface area (Å²) in [5.41, 5.74) is 2.90. The average molecular weight is 415 g/mol. The summed E-state index contributed by atoms with van der Waals surface area (Å²) in [6, 6.07) is 19.2. The second kappa shape index (κ2) is 10.8. The van der Waals surface area contributed by atoms with Crippen molar-refractivity contribution in [2.24, 2.45) is 0 Å². The fourth-order valence-corrected chi connectivity index (χ4v) is 3.00. The van der Waals surface area contributed by atoms with Crippen LogP contribution in [0.25, 0.3) is 23.0 Å². The molecule has 0 radical (unpaired) electrons. The van der Waals surface area contributed by atoms with Crippen LogP contribution in [0.1, 0.15) is 32.3 Å². The number of carbonyl (C=O) groups excluding carboxylic acids is 1. The molecule has 158 valence electrons. The molecule has 6 nitrogen and oxygen atoms in total. The molecule has 0 bridgehead atoms. The van der Waals surface area contributed by atoms with Crippen molar-refractivity contribution in [3.05, 3.63) is 71.9 Å². The maximum absolute atomic E-state index is 12.1. The molecule has 0 saturated carbocycles. The summed E-state index contributed by atoms with van der Waals surface area (Å²) in [6.45, 7) is 4.67. The number of unbranched alkanes of at least 4 members (excludes halogenated alkanes) is 1. The lowest BCUT2D eigenvalue weighted by molar-refractivity contribution is -0.137. The van der Waals surface area contributed by atoms with Crippen molar-refractivity contribution in [2.75, 3.05) is 13.2 Å². The van der Waals surface area contributed by atoms with Gasteiger partial charge in [0.15, 0.2) is 0 Å². The summed E-state index contributed by atoms with van der Waals surface area (Å²) >= 11 is 0. The Morgan fingerprint density at radius 2 is 1.97 bits per heavy atom. The van der Waals surface area contributed by atoms with Crippen LogP contribution in [0.4, 0.5) is 0 Å². The van der Waals surface area contributed by atoms with E-state index in [0.717, 1.165) is 29.8 Å². The highest BCUT2D eigenvalue weighted by Crippen LogP contribution is 2.28. The number of para-hydroxylation sites is 1. The molecule has 0 N–H and O–H groups in total. The lowest BCUT2D eigenvalue weighted by Crippen LogP contribution is -2.06. The molecule has 0 saturated heterocycles. The summed E-state index contributed by atoms with van der Waals surface area (Å²) in [5, 5.41) is 14.2. The number of esters is 1. The highest BCUT2D eigenvalue weighted by Gasteiger charge is 2.16. The zero-order chi connectivity index (χ0) is 22.1. The third-order valence-corrected chi connectivity index (χ3v) is 4.55. The molecule has 0 unspecified atom stereocenters. The van der Waals surface area contributed by atoms with Gasteiger partial charge in [-0.15, -0.1) is 0 Å². The molecule has 0 aliphatic carbocycles. The van der Waals surface area contributed by atoms with Crippen molar-refractivity contribution in [3.8, 4) is 28.8 Å². The van der Waals surface area contributed by atoms with Gasteiger partial charge in [-0.2, -0.15) is 10.4 Å². The molecule has 0 aliphatic heterocycles. The Labute approximate surface area is 182 Å². The van der Waals surface area contributed by atoms with Gasteiger partial charge in [0.25, 0.3) is 0 Å². The standard InChI is InChI=1S/C25H25N3O3/c1-3-5-14-31-23-13-9-10-19(16-23)24-21(15-20(17-26)25(29)30-4-2)18-28(27-24)22-11-7-6-8-12-22/h6-13,15-16,18H,3-5,14H2,1-2H3/b20-15-. The highest BCUT2D eigenvalue weighted by molar-refractivity contribution is 5.98. The minimum atomic E-state index is -0.653. The Morgan fingerprint density at radius 1 is 1.16 bits per heavy atom. The van der Waals surface area contributed by atoms with E-state index in [1.165, 1.54) is 6.08 Å². The van der Waals surface area contributed by atoms with Crippen LogP contribution in [-0.4, -0.2) is 29.0 Å². The van der Waals surface area contributed by atoms with E-state index >= 15 is 0 Å². The van der Waals surface area contributed by atoms with E-state index in [1.807, 2.05) is 60.7 Å². The minimum Gasteiger partial charge on any atom is -0.494 e. The molecule has 2 aromatic carbocycles. The molecule has 0 amide bonds. The van der Waals surface area contributed by atoms with E-state index in [0.29, 0.717) is 17.9 Å². The Hall–Kier alpha value is -3.85. The van der Waals surface area contributed by atoms with Crippen LogP contribution < -0.4 is 4.74 Å². The lowest BCUT2D eigenvalue weighted by atomic mass is 10.1. The Bertz CT molecular complexity index is 1090. The number of ether oxygens (including phenoxy) is 2. The highest BCUT2D eigenvalue weighted by atomic mass is 16.5. The number of benzene rings is 2. The molecule has 3 rings (SSSR count). The predicted octanol–water partition coefficient (Wildman–Crippen LogP) is 5.19. The lowest BCUT2D eigenvalue weighted by Gasteiger charge is -2.07. The van der Waals surface area contributed by atoms with Gasteiger partial charge in [0.05, 0.1) is 18.9 Å². The first-order chi connectivity index (χ1) is 15.2. The van der Waals surface area contributed by atoms with Gasteiger partial charge in [-0.05, 0) is 43.7 Å². The summed E-state index contributed by atoms with van der Waals surface area (Å²) in [6.07, 6.45) is 5.35. The van der Waals surface area contributed by atoms with Crippen molar-refractivity contribution in [1.29, 1.82) is 5.26 Å². The fraction of sp³-hybridized carbons (Fsp3) is 0.240. The van der Waals surface area contributed by atoms with Crippen LogP contribution in [0, 0.1) is 11.3 Å². The Kier molecular flexibility index (Phi) is 7.61. The maximum Gasteiger partial charge on any atom is 0.348 e. The van der Waals surface area contributed by atoms with Crippen molar-refractivity contribution in [3.63, 3.8) is 0 Å². The molecule has 6 heteroatoms. The normalized spacial score (nSPS) is 11.1. The monoisotopic (exact) mass is 415 g/mol. The topological polar surface area (TPSA) is 77.1 Å². The van der Waals surface area contributed by atoms with Gasteiger partial charge < -0.3 is 9.47 Å². The molecule has 1 aromatic heterocycles. The molecule has 0 aliphatic rings. The summed E-state index contributed by atoms with van der Waals surface area (Å²) < 4.78 is 12.6. The summed E-state index contributed by atoms with van der Waals surface area (Å²) in [4.78, 5) is 12.1. The average Bonchev–Trinajstić information content (AvgIpc) is 3.22. The first-order valence-electron chi connectivity index (χ1n) is 10.3. The second-order valence-corrected chi connectivity index (χ2v) is 6.83. The third kappa shape index (κ3) is 5.61. The van der Waals surface area contributed by atoms with Crippen LogP contribution in [0.2, 0.25) is 0 Å². The smallest absolute Gasteiger partial charge is 0.348 e. The van der Waals surface area contributed by atoms with Gasteiger partial charge in [-0.1, -0.05) is 43.7 Å². The van der Waals surface area contributed by atoms with Crippen molar-refractivity contribution in [2.45, 2.75) is 26.7 Å². The molecular weight excluding hydrogens is 390 g/mol. The number of hydrogen-bond acceptors (Lipinski definition) is 5. The zero-order valence-corrected chi connectivity index (χ0v) is 17.7. The van der Waals surface area contributed by atoms with Gasteiger partial charge in [0.1, 0.15) is 23.1 Å². The number of nitriles is 1. The maximum atomic E-state index is 12.1. The molecule has 0 spiro atoms. The Morgan fingerprint density at radius 3 is 2.68 bits per heavy atom. The summed E-state index contributed by atoms with van der Waals surface area (Å²) in [7, 11) is 0. The number of rotatable bonds is 9. The van der Waals surface area contributed by atoms with Crippen molar-refractivity contribution in [1.82, 2.24) is 9.78 Å². The SMILES string of the molecule is CCCCOc1cccc(-c2nn(-c3ccccc3)cc2/C=C(/C#N)C(=O)OCC)c1. The fourth-order valence-electron chi connectivity index (χ4n) is 3.00. The van der Waals surface area contributed by atoms with Crippen molar-refractivity contribution < 1.29 is 14.3 Å². The van der Waals surface area contributed by atoms with E-state index in [9.17, 15) is 10.1 Å². The second-order valence-electron chi connectivity index (χ2n) is 6.83. The van der Waals surface area contributed by atoms with Gasteiger partial charge in [0.2, 0.25) is 0 Å². The largest absolute Gasteiger partial charge is 0.494 e. The van der Waals surface area contributed by atoms with E-state index in [4.69, 9.17) is 14.6 Å². The zero-order valence-electron chi connectivity index (χ0n) is 17.7. The van der Waals surface area contributed by atoms with Crippen molar-refractivity contribution >= 4 is 12.0 Å². The molecular formula is C25H25N3O3. The third-order valence-electron chi connectivity index (χ3n) is 4.55. The van der Waals surface area contributed by atoms with Crippen LogP contribution >= 0.6 is 0 Å². The van der Waals surface area contributed by atoms with Gasteiger partial charge in [0, 0.05) is 17.3 Å². The van der Waals surface area contributed by atoms with E-state index in [2.05, 4.69) is 6.92 Å². The molecule has 3 aromatic rings. The van der Waals surface area contributed by atoms with Crippen LogP contribution in [0.3, 0.4) is 0 Å². The number of hydrogen-bond donors (Lipinski definition) is 0. The molecule has 31 heavy (non-hydrogen) atoms. The number of carbonyl (C=O) groups is 1. The van der Waals surface area contributed by atoms with Crippen LogP contribution in [0.5, 0.6) is 5.75 Å². The van der Waals surface area contributed by atoms with E-state index in [1.54, 1.807) is 17.8 Å². The molecule has 1 heterocycles. The number of nitrogens with zero attached hydrogens (tertiary/aromatic N) is 3. The first-order valence-corrected chi connectivity index (χ1v) is 10.3. The first kappa shape index (κ1) is 21.8. The predicted molar refractivity (Wildman–Crippen MR) is 120 cm³/mol. The van der Waals surface area contributed by atoms with Crippen LogP contribution in [0.15, 0.2) is 66.4 Å². The number of aromatic nitrogens is 2. The Balaban J connectivity index is 2.06. The molecule has 0 fully saturated rings. The minimum absolute atomic E-state index is 0.0777. The molecule has 0 atom stereocenters. The van der Waals surface area contributed by atoms with Gasteiger partial charge >= 0.3 is 5.97 Å². The van der Waals surface area contributed by atoms with Crippen LogP contribution in [-0.2, 0) is 9.53 Å².